The smallest absolute Gasteiger partial charge is 0.191 e. The van der Waals surface area contributed by atoms with Crippen molar-refractivity contribution >= 4 is 29.9 Å². The van der Waals surface area contributed by atoms with Crippen LogP contribution in [0.25, 0.3) is 0 Å². The van der Waals surface area contributed by atoms with Crippen molar-refractivity contribution in [3.8, 4) is 6.07 Å². The van der Waals surface area contributed by atoms with Crippen LogP contribution in [0.5, 0.6) is 0 Å². The standard InChI is InChI=1S/C23H29N5.HI/c1-2-25-23(26-17-20-10-8-19(16-24)9-11-20)27-22-12-14-28(15-13-22)18-21-6-4-3-5-7-21;/h3-11,22H,2,12-15,17-18H2,1H3,(H2,25,26,27);1H. The van der Waals surface area contributed by atoms with Crippen LogP contribution in [0, 0.1) is 11.3 Å². The minimum Gasteiger partial charge on any atom is -0.357 e. The molecule has 1 heterocycles. The molecule has 0 amide bonds. The van der Waals surface area contributed by atoms with E-state index in [1.54, 1.807) is 0 Å². The maximum Gasteiger partial charge on any atom is 0.191 e. The second-order valence-electron chi connectivity index (χ2n) is 7.18. The molecule has 29 heavy (non-hydrogen) atoms. The van der Waals surface area contributed by atoms with Gasteiger partial charge in [0.1, 0.15) is 0 Å². The molecule has 0 unspecified atom stereocenters. The molecule has 6 heteroatoms. The number of likely N-dealkylation sites (tertiary alicyclic amines) is 1. The summed E-state index contributed by atoms with van der Waals surface area (Å²) in [5.74, 6) is 0.869. The molecule has 2 aromatic carbocycles. The number of hydrogen-bond acceptors (Lipinski definition) is 3. The van der Waals surface area contributed by atoms with Crippen LogP contribution < -0.4 is 10.6 Å². The summed E-state index contributed by atoms with van der Waals surface area (Å²) in [6.07, 6.45) is 2.24. The van der Waals surface area contributed by atoms with Gasteiger partial charge < -0.3 is 10.6 Å². The Kier molecular flexibility index (Phi) is 9.95. The fourth-order valence-electron chi connectivity index (χ4n) is 3.45. The minimum absolute atomic E-state index is 0. The van der Waals surface area contributed by atoms with Gasteiger partial charge in [-0.3, -0.25) is 4.90 Å². The Bertz CT molecular complexity index is 790. The Hall–Kier alpha value is -2.11. The summed E-state index contributed by atoms with van der Waals surface area (Å²) < 4.78 is 0. The first-order chi connectivity index (χ1) is 13.8. The summed E-state index contributed by atoms with van der Waals surface area (Å²) in [6.45, 7) is 6.75. The molecule has 0 aromatic heterocycles. The van der Waals surface area contributed by atoms with E-state index in [1.807, 2.05) is 24.3 Å². The highest BCUT2D eigenvalue weighted by atomic mass is 127. The van der Waals surface area contributed by atoms with Gasteiger partial charge in [0.25, 0.3) is 0 Å². The first-order valence-electron chi connectivity index (χ1n) is 10.1. The lowest BCUT2D eigenvalue weighted by Gasteiger charge is -2.33. The van der Waals surface area contributed by atoms with E-state index in [1.165, 1.54) is 5.56 Å². The van der Waals surface area contributed by atoms with E-state index in [2.05, 4.69) is 58.9 Å². The van der Waals surface area contributed by atoms with Crippen molar-refractivity contribution < 1.29 is 0 Å². The number of halogens is 1. The van der Waals surface area contributed by atoms with E-state index in [-0.39, 0.29) is 24.0 Å². The molecule has 5 nitrogen and oxygen atoms in total. The third kappa shape index (κ3) is 7.67. The molecule has 0 radical (unpaired) electrons. The second kappa shape index (κ2) is 12.5. The van der Waals surface area contributed by atoms with Crippen LogP contribution in [0.1, 0.15) is 36.5 Å². The normalized spacial score (nSPS) is 15.2. The Morgan fingerprint density at radius 2 is 1.76 bits per heavy atom. The van der Waals surface area contributed by atoms with Crippen LogP contribution >= 0.6 is 24.0 Å². The van der Waals surface area contributed by atoms with Crippen molar-refractivity contribution in [2.45, 2.75) is 38.9 Å². The Morgan fingerprint density at radius 1 is 1.07 bits per heavy atom. The van der Waals surface area contributed by atoms with Gasteiger partial charge in [0.2, 0.25) is 0 Å². The predicted molar refractivity (Wildman–Crippen MR) is 129 cm³/mol. The molecule has 1 aliphatic rings. The Labute approximate surface area is 191 Å². The molecular formula is C23H30IN5. The average molecular weight is 503 g/mol. The zero-order chi connectivity index (χ0) is 19.6. The number of nitrogens with zero attached hydrogens (tertiary/aromatic N) is 3. The fourth-order valence-corrected chi connectivity index (χ4v) is 3.45. The number of aliphatic imine (C=N–C) groups is 1. The van der Waals surface area contributed by atoms with Gasteiger partial charge in [0.05, 0.1) is 18.2 Å². The molecule has 0 bridgehead atoms. The van der Waals surface area contributed by atoms with Crippen LogP contribution in [-0.4, -0.2) is 36.5 Å². The van der Waals surface area contributed by atoms with Crippen LogP contribution in [0.2, 0.25) is 0 Å². The fraction of sp³-hybridized carbons (Fsp3) is 0.391. The molecule has 0 saturated carbocycles. The van der Waals surface area contributed by atoms with Crippen LogP contribution in [0.3, 0.4) is 0 Å². The molecule has 0 aliphatic carbocycles. The van der Waals surface area contributed by atoms with Gasteiger partial charge in [-0.2, -0.15) is 5.26 Å². The number of rotatable bonds is 6. The number of piperidine rings is 1. The lowest BCUT2D eigenvalue weighted by atomic mass is 10.0. The molecule has 1 fully saturated rings. The minimum atomic E-state index is 0. The number of nitriles is 1. The van der Waals surface area contributed by atoms with Crippen molar-refractivity contribution in [1.82, 2.24) is 15.5 Å². The van der Waals surface area contributed by atoms with Crippen molar-refractivity contribution in [2.75, 3.05) is 19.6 Å². The van der Waals surface area contributed by atoms with Gasteiger partial charge in [-0.15, -0.1) is 24.0 Å². The van der Waals surface area contributed by atoms with E-state index in [4.69, 9.17) is 10.3 Å². The first-order valence-corrected chi connectivity index (χ1v) is 10.1. The monoisotopic (exact) mass is 503 g/mol. The third-order valence-electron chi connectivity index (χ3n) is 5.02. The van der Waals surface area contributed by atoms with Gasteiger partial charge in [-0.1, -0.05) is 42.5 Å². The van der Waals surface area contributed by atoms with Crippen molar-refractivity contribution in [2.24, 2.45) is 4.99 Å². The van der Waals surface area contributed by atoms with Crippen molar-refractivity contribution in [3.63, 3.8) is 0 Å². The highest BCUT2D eigenvalue weighted by Crippen LogP contribution is 2.14. The van der Waals surface area contributed by atoms with Gasteiger partial charge >= 0.3 is 0 Å². The van der Waals surface area contributed by atoms with Gasteiger partial charge in [-0.05, 0) is 43.0 Å². The number of hydrogen-bond donors (Lipinski definition) is 2. The van der Waals surface area contributed by atoms with Crippen molar-refractivity contribution in [1.29, 1.82) is 5.26 Å². The molecule has 154 valence electrons. The average Bonchev–Trinajstić information content (AvgIpc) is 2.75. The van der Waals surface area contributed by atoms with Crippen LogP contribution in [0.4, 0.5) is 0 Å². The summed E-state index contributed by atoms with van der Waals surface area (Å²) in [7, 11) is 0. The zero-order valence-electron chi connectivity index (χ0n) is 17.0. The molecule has 1 aliphatic heterocycles. The third-order valence-corrected chi connectivity index (χ3v) is 5.02. The molecule has 3 rings (SSSR count). The first kappa shape index (κ1) is 23.2. The number of benzene rings is 2. The highest BCUT2D eigenvalue weighted by Gasteiger charge is 2.20. The second-order valence-corrected chi connectivity index (χ2v) is 7.18. The highest BCUT2D eigenvalue weighted by molar-refractivity contribution is 14.0. The number of guanidine groups is 1. The summed E-state index contributed by atoms with van der Waals surface area (Å²) in [6, 6.07) is 20.9. The molecular weight excluding hydrogens is 473 g/mol. The quantitative estimate of drug-likeness (QED) is 0.357. The zero-order valence-corrected chi connectivity index (χ0v) is 19.3. The van der Waals surface area contributed by atoms with E-state index in [0.29, 0.717) is 18.2 Å². The maximum atomic E-state index is 8.90. The largest absolute Gasteiger partial charge is 0.357 e. The summed E-state index contributed by atoms with van der Waals surface area (Å²) in [5.41, 5.74) is 3.17. The van der Waals surface area contributed by atoms with Crippen molar-refractivity contribution in [3.05, 3.63) is 71.3 Å². The number of nitrogens with one attached hydrogen (secondary N) is 2. The molecule has 0 spiro atoms. The maximum absolute atomic E-state index is 8.90. The van der Waals surface area contributed by atoms with E-state index >= 15 is 0 Å². The Balaban J connectivity index is 0.00000300. The lowest BCUT2D eigenvalue weighted by molar-refractivity contribution is 0.198. The van der Waals surface area contributed by atoms with Crippen LogP contribution in [0.15, 0.2) is 59.6 Å². The molecule has 2 aromatic rings. The van der Waals surface area contributed by atoms with Gasteiger partial charge in [0, 0.05) is 32.2 Å². The predicted octanol–water partition coefficient (Wildman–Crippen LogP) is 3.90. The van der Waals surface area contributed by atoms with E-state index in [9.17, 15) is 0 Å². The Morgan fingerprint density at radius 3 is 2.38 bits per heavy atom. The molecule has 2 N–H and O–H groups in total. The van der Waals surface area contributed by atoms with E-state index < -0.39 is 0 Å². The summed E-state index contributed by atoms with van der Waals surface area (Å²) >= 11 is 0. The SMILES string of the molecule is CCNC(=NCc1ccc(C#N)cc1)NC1CCN(Cc2ccccc2)CC1.I. The van der Waals surface area contributed by atoms with Gasteiger partial charge in [0.15, 0.2) is 5.96 Å². The lowest BCUT2D eigenvalue weighted by Crippen LogP contribution is -2.48. The summed E-state index contributed by atoms with van der Waals surface area (Å²) in [5, 5.41) is 15.8. The molecule has 0 atom stereocenters. The van der Waals surface area contributed by atoms with Gasteiger partial charge in [-0.25, -0.2) is 4.99 Å². The van der Waals surface area contributed by atoms with E-state index in [0.717, 1.165) is 50.5 Å². The topological polar surface area (TPSA) is 63.5 Å². The van der Waals surface area contributed by atoms with Crippen LogP contribution in [-0.2, 0) is 13.1 Å². The molecule has 1 saturated heterocycles. The summed E-state index contributed by atoms with van der Waals surface area (Å²) in [4.78, 5) is 7.24.